The van der Waals surface area contributed by atoms with E-state index in [0.717, 1.165) is 6.20 Å². The first-order valence-electron chi connectivity index (χ1n) is 7.25. The molecule has 10 nitrogen and oxygen atoms in total. The van der Waals surface area contributed by atoms with Gasteiger partial charge in [0.25, 0.3) is 0 Å². The Morgan fingerprint density at radius 3 is 1.92 bits per heavy atom. The summed E-state index contributed by atoms with van der Waals surface area (Å²) in [5.41, 5.74) is 4.33. The highest BCUT2D eigenvalue weighted by atomic mass is 16.6. The van der Waals surface area contributed by atoms with E-state index in [2.05, 4.69) is 10.2 Å². The van der Waals surface area contributed by atoms with E-state index in [1.54, 1.807) is 44.8 Å². The van der Waals surface area contributed by atoms with Crippen molar-refractivity contribution in [2.75, 3.05) is 5.73 Å². The average molecular weight is 342 g/mol. The number of nitrogen functional groups attached to an aromatic ring is 1. The number of rotatable bonds is 5. The van der Waals surface area contributed by atoms with Gasteiger partial charge in [0.2, 0.25) is 0 Å². The smallest absolute Gasteiger partial charge is 0.306 e. The Labute approximate surface area is 141 Å². The van der Waals surface area contributed by atoms with Gasteiger partial charge >= 0.3 is 5.69 Å². The minimum Gasteiger partial charge on any atom is -0.396 e. The zero-order chi connectivity index (χ0) is 18.5. The second-order valence-corrected chi connectivity index (χ2v) is 6.75. The van der Waals surface area contributed by atoms with Crippen molar-refractivity contribution in [2.45, 2.75) is 52.0 Å². The van der Waals surface area contributed by atoms with Crippen molar-refractivity contribution >= 4 is 11.4 Å². The third kappa shape index (κ3) is 7.70. The van der Waals surface area contributed by atoms with E-state index < -0.39 is 16.1 Å². The quantitative estimate of drug-likeness (QED) is 0.543. The summed E-state index contributed by atoms with van der Waals surface area (Å²) in [5.74, 6) is 0. The predicted molar refractivity (Wildman–Crippen MR) is 90.2 cm³/mol. The van der Waals surface area contributed by atoms with Crippen LogP contribution >= 0.6 is 0 Å². The van der Waals surface area contributed by atoms with Crippen molar-refractivity contribution in [1.29, 1.82) is 0 Å². The molecule has 0 aromatic carbocycles. The van der Waals surface area contributed by atoms with Crippen molar-refractivity contribution in [1.82, 2.24) is 19.6 Å². The third-order valence-corrected chi connectivity index (χ3v) is 2.58. The van der Waals surface area contributed by atoms with E-state index in [-0.39, 0.29) is 13.7 Å². The number of aromatic nitrogens is 4. The fourth-order valence-electron chi connectivity index (χ4n) is 1.79. The number of hydrogen-bond acceptors (Lipinski definition) is 7. The molecule has 0 aliphatic carbocycles. The second-order valence-electron chi connectivity index (χ2n) is 6.75. The van der Waals surface area contributed by atoms with Gasteiger partial charge in [-0.15, -0.1) is 0 Å². The molecule has 2 aromatic rings. The van der Waals surface area contributed by atoms with Crippen LogP contribution in [0.25, 0.3) is 0 Å². The molecule has 0 atom stereocenters. The molecule has 136 valence electrons. The molecular formula is C14H26N6O4. The molecule has 0 saturated carbocycles. The fourth-order valence-corrected chi connectivity index (χ4v) is 1.79. The molecule has 10 heteroatoms. The Kier molecular flexibility index (Phi) is 6.04. The molecular weight excluding hydrogens is 316 g/mol. The predicted octanol–water partition coefficient (Wildman–Crippen LogP) is 1.04. The van der Waals surface area contributed by atoms with Gasteiger partial charge in [-0.3, -0.25) is 19.5 Å². The summed E-state index contributed by atoms with van der Waals surface area (Å²) >= 11 is 0. The van der Waals surface area contributed by atoms with E-state index in [1.807, 2.05) is 0 Å². The van der Waals surface area contributed by atoms with Gasteiger partial charge in [-0.25, -0.2) is 0 Å². The van der Waals surface area contributed by atoms with Gasteiger partial charge in [-0.1, -0.05) is 0 Å². The van der Waals surface area contributed by atoms with Gasteiger partial charge in [-0.05, 0) is 27.7 Å². The lowest BCUT2D eigenvalue weighted by Gasteiger charge is -2.16. The molecule has 0 aliphatic heterocycles. The number of anilines is 1. The Hall–Kier alpha value is -2.46. The summed E-state index contributed by atoms with van der Waals surface area (Å²) in [6.45, 7) is 7.38. The van der Waals surface area contributed by atoms with E-state index >= 15 is 0 Å². The summed E-state index contributed by atoms with van der Waals surface area (Å²) in [6.07, 6.45) is 5.70. The molecule has 0 spiro atoms. The van der Waals surface area contributed by atoms with Crippen molar-refractivity contribution in [3.63, 3.8) is 0 Å². The van der Waals surface area contributed by atoms with Crippen LogP contribution in [0.3, 0.4) is 0 Å². The van der Waals surface area contributed by atoms with E-state index in [0.29, 0.717) is 12.2 Å². The maximum absolute atomic E-state index is 10.3. The zero-order valence-electron chi connectivity index (χ0n) is 14.2. The lowest BCUT2D eigenvalue weighted by molar-refractivity contribution is -0.385. The maximum Gasteiger partial charge on any atom is 0.306 e. The van der Waals surface area contributed by atoms with Gasteiger partial charge in [0.1, 0.15) is 12.4 Å². The lowest BCUT2D eigenvalue weighted by atomic mass is 10.1. The highest BCUT2D eigenvalue weighted by molar-refractivity contribution is 5.30. The van der Waals surface area contributed by atoms with E-state index in [1.165, 1.54) is 10.9 Å². The first-order valence-corrected chi connectivity index (χ1v) is 7.25. The highest BCUT2D eigenvalue weighted by Gasteiger charge is 2.16. The molecule has 2 aromatic heterocycles. The summed E-state index contributed by atoms with van der Waals surface area (Å²) in [4.78, 5) is 9.75. The zero-order valence-corrected chi connectivity index (χ0v) is 14.2. The molecule has 24 heavy (non-hydrogen) atoms. The third-order valence-electron chi connectivity index (χ3n) is 2.58. The molecule has 0 bridgehead atoms. The standard InChI is InChI=1S/C7H11N3O3.C7H13N3O.H2/c1-7(2,11)5-9-4-6(3-8-9)10(12)13;1-7(2,11)5-10-4-6(8)3-9-10;/h3-4,11H,5H2,1-2H3;3-4,11H,5,8H2,1-2H3;1H. The van der Waals surface area contributed by atoms with E-state index in [4.69, 9.17) is 5.73 Å². The van der Waals surface area contributed by atoms with Gasteiger partial charge in [0, 0.05) is 7.62 Å². The number of nitro groups is 1. The SMILES string of the molecule is CC(C)(O)Cn1cc(N)cn1.CC(C)(O)Cn1cc([N+](=O)[O-])cn1.[HH]. The molecule has 2 rings (SSSR count). The van der Waals surface area contributed by atoms with Crippen molar-refractivity contribution in [3.8, 4) is 0 Å². The topological polar surface area (TPSA) is 145 Å². The first-order chi connectivity index (χ1) is 10.9. The van der Waals surface area contributed by atoms with Crippen molar-refractivity contribution in [2.24, 2.45) is 0 Å². The summed E-state index contributed by atoms with van der Waals surface area (Å²) in [5, 5.41) is 36.7. The van der Waals surface area contributed by atoms with Gasteiger partial charge < -0.3 is 15.9 Å². The van der Waals surface area contributed by atoms with Gasteiger partial charge in [0.05, 0.1) is 41.1 Å². The molecule has 0 fully saturated rings. The number of nitrogens with two attached hydrogens (primary N) is 1. The van der Waals surface area contributed by atoms with E-state index in [9.17, 15) is 20.3 Å². The Morgan fingerprint density at radius 1 is 1.12 bits per heavy atom. The average Bonchev–Trinajstić information content (AvgIpc) is 2.95. The minimum absolute atomic E-state index is 0. The lowest BCUT2D eigenvalue weighted by Crippen LogP contribution is -2.26. The molecule has 0 radical (unpaired) electrons. The van der Waals surface area contributed by atoms with Crippen LogP contribution in [0, 0.1) is 10.1 Å². The first kappa shape index (κ1) is 19.6. The molecule has 0 unspecified atom stereocenters. The monoisotopic (exact) mass is 342 g/mol. The van der Waals surface area contributed by atoms with Crippen LogP contribution in [0.15, 0.2) is 24.8 Å². The van der Waals surface area contributed by atoms with Gasteiger partial charge in [0.15, 0.2) is 0 Å². The highest BCUT2D eigenvalue weighted by Crippen LogP contribution is 2.11. The van der Waals surface area contributed by atoms with Crippen LogP contribution < -0.4 is 5.73 Å². The summed E-state index contributed by atoms with van der Waals surface area (Å²) in [7, 11) is 0. The van der Waals surface area contributed by atoms with Crippen molar-refractivity contribution in [3.05, 3.63) is 34.9 Å². The molecule has 0 saturated heterocycles. The molecule has 0 amide bonds. The fraction of sp³-hybridized carbons (Fsp3) is 0.571. The molecule has 4 N–H and O–H groups in total. The number of hydrogen-bond donors (Lipinski definition) is 3. The number of nitrogens with zero attached hydrogens (tertiary/aromatic N) is 5. The Morgan fingerprint density at radius 2 is 1.58 bits per heavy atom. The van der Waals surface area contributed by atoms with Crippen LogP contribution in [-0.2, 0) is 13.1 Å². The van der Waals surface area contributed by atoms with Crippen LogP contribution in [-0.4, -0.2) is 45.9 Å². The van der Waals surface area contributed by atoms with Crippen LogP contribution in [0.1, 0.15) is 29.1 Å². The summed E-state index contributed by atoms with van der Waals surface area (Å²) in [6, 6.07) is 0. The second kappa shape index (κ2) is 7.41. The Bertz CT molecular complexity index is 671. The van der Waals surface area contributed by atoms with Crippen molar-refractivity contribution < 1.29 is 16.6 Å². The normalized spacial score (nSPS) is 11.8. The minimum atomic E-state index is -0.917. The number of aliphatic hydroxyl groups is 2. The molecule has 0 aliphatic rings. The maximum atomic E-state index is 10.3. The molecule has 2 heterocycles. The van der Waals surface area contributed by atoms with Gasteiger partial charge in [-0.2, -0.15) is 10.2 Å². The summed E-state index contributed by atoms with van der Waals surface area (Å²) < 4.78 is 2.97. The van der Waals surface area contributed by atoms with Crippen LogP contribution in [0.5, 0.6) is 0 Å². The van der Waals surface area contributed by atoms with Crippen LogP contribution in [0.4, 0.5) is 11.4 Å². The van der Waals surface area contributed by atoms with Crippen LogP contribution in [0.2, 0.25) is 0 Å². The largest absolute Gasteiger partial charge is 0.396 e. The Balaban J connectivity index is 0.000000449.